The van der Waals surface area contributed by atoms with Gasteiger partial charge in [0.2, 0.25) is 0 Å². The van der Waals surface area contributed by atoms with Gasteiger partial charge in [-0.1, -0.05) is 76.0 Å². The molecule has 0 aliphatic heterocycles. The van der Waals surface area contributed by atoms with Crippen LogP contribution in [-0.2, 0) is 27.9 Å². The van der Waals surface area contributed by atoms with E-state index in [0.29, 0.717) is 17.6 Å². The van der Waals surface area contributed by atoms with Crippen LogP contribution in [0, 0.1) is 0 Å². The van der Waals surface area contributed by atoms with Gasteiger partial charge in [0, 0.05) is 13.0 Å². The molecule has 38 heavy (non-hydrogen) atoms. The van der Waals surface area contributed by atoms with Gasteiger partial charge in [-0.3, -0.25) is 9.36 Å². The number of rotatable bonds is 25. The van der Waals surface area contributed by atoms with Crippen molar-refractivity contribution in [2.24, 2.45) is 0 Å². The molecular weight excluding hydrogens is 505 g/mol. The van der Waals surface area contributed by atoms with Crippen LogP contribution < -0.4 is 4.89 Å². The maximum absolute atomic E-state index is 12.0. The Morgan fingerprint density at radius 3 is 2.05 bits per heavy atom. The number of phosphoric acid groups is 1. The smallest absolute Gasteiger partial charge is 0.305 e. The predicted molar refractivity (Wildman–Crippen MR) is 153 cm³/mol. The Hall–Kier alpha value is -1.28. The van der Waals surface area contributed by atoms with Crippen molar-refractivity contribution < 1.29 is 37.3 Å². The molecule has 0 heterocycles. The Bertz CT molecular complexity index is 716. The lowest BCUT2D eigenvalue weighted by atomic mass is 10.1. The molecule has 0 N–H and O–H groups in total. The number of nitrogens with zero attached hydrogens (tertiary/aromatic N) is 1. The fourth-order valence-corrected chi connectivity index (χ4v) is 3.97. The van der Waals surface area contributed by atoms with Gasteiger partial charge in [0.15, 0.2) is 0 Å². The second kappa shape index (κ2) is 23.6. The van der Waals surface area contributed by atoms with E-state index < -0.39 is 19.9 Å². The van der Waals surface area contributed by atoms with E-state index in [1.165, 1.54) is 19.3 Å². The number of hydrogen-bond donors (Lipinski definition) is 0. The number of hydrogen-bond acceptors (Lipinski definition) is 7. The largest absolute Gasteiger partial charge is 0.756 e. The van der Waals surface area contributed by atoms with Gasteiger partial charge >= 0.3 is 5.97 Å². The molecule has 0 fully saturated rings. The lowest BCUT2D eigenvalue weighted by molar-refractivity contribution is -0.870. The minimum atomic E-state index is -4.48. The van der Waals surface area contributed by atoms with Crippen molar-refractivity contribution >= 4 is 13.8 Å². The maximum Gasteiger partial charge on any atom is 0.305 e. The third kappa shape index (κ3) is 26.3. The summed E-state index contributed by atoms with van der Waals surface area (Å²) in [7, 11) is 1.33. The summed E-state index contributed by atoms with van der Waals surface area (Å²) in [6.45, 7) is 4.65. The molecule has 0 aromatic rings. The molecule has 0 aromatic heterocycles. The van der Waals surface area contributed by atoms with E-state index in [4.69, 9.17) is 18.5 Å². The van der Waals surface area contributed by atoms with Crippen LogP contribution in [0.5, 0.6) is 0 Å². The third-order valence-corrected chi connectivity index (χ3v) is 6.47. The van der Waals surface area contributed by atoms with Gasteiger partial charge in [0.05, 0.1) is 34.4 Å². The Kier molecular flexibility index (Phi) is 22.8. The van der Waals surface area contributed by atoms with E-state index in [2.05, 4.69) is 43.4 Å². The van der Waals surface area contributed by atoms with Gasteiger partial charge in [0.25, 0.3) is 7.82 Å². The molecule has 8 nitrogen and oxygen atoms in total. The van der Waals surface area contributed by atoms with Crippen molar-refractivity contribution in [2.75, 3.05) is 54.1 Å². The standard InChI is InChI=1S/C29H54NO7P/c1-6-8-9-10-11-12-13-14-15-16-17-18-19-20-21-22-24-34-26-28(37-29(31)7-2)27-36-38(32,33)35-25-23-30(3,4)5/h8-9,11-12,14-15,28H,6-7,10,13,16-27H2,1-5H3/b9-8-,12-11-,15-14-. The zero-order chi connectivity index (χ0) is 28.5. The first-order valence-electron chi connectivity index (χ1n) is 14.2. The van der Waals surface area contributed by atoms with Crippen molar-refractivity contribution in [1.82, 2.24) is 0 Å². The molecule has 9 heteroatoms. The molecule has 2 unspecified atom stereocenters. The van der Waals surface area contributed by atoms with Gasteiger partial charge in [-0.05, 0) is 38.5 Å². The van der Waals surface area contributed by atoms with Crippen LogP contribution in [0.3, 0.4) is 0 Å². The highest BCUT2D eigenvalue weighted by atomic mass is 31.2. The molecule has 0 spiro atoms. The molecule has 0 radical (unpaired) electrons. The van der Waals surface area contributed by atoms with Crippen molar-refractivity contribution in [3.05, 3.63) is 36.5 Å². The first kappa shape index (κ1) is 36.7. The van der Waals surface area contributed by atoms with Gasteiger partial charge < -0.3 is 27.9 Å². The zero-order valence-electron chi connectivity index (χ0n) is 24.6. The highest BCUT2D eigenvalue weighted by Gasteiger charge is 2.19. The van der Waals surface area contributed by atoms with Crippen LogP contribution in [-0.4, -0.2) is 70.7 Å². The monoisotopic (exact) mass is 559 g/mol. The number of unbranched alkanes of at least 4 members (excludes halogenated alkanes) is 6. The molecule has 0 bridgehead atoms. The van der Waals surface area contributed by atoms with Gasteiger partial charge in [-0.15, -0.1) is 0 Å². The summed E-state index contributed by atoms with van der Waals surface area (Å²) in [6, 6.07) is 0. The van der Waals surface area contributed by atoms with Gasteiger partial charge in [0.1, 0.15) is 19.3 Å². The second-order valence-electron chi connectivity index (χ2n) is 10.3. The van der Waals surface area contributed by atoms with Crippen LogP contribution in [0.25, 0.3) is 0 Å². The average molecular weight is 560 g/mol. The predicted octanol–water partition coefficient (Wildman–Crippen LogP) is 6.12. The molecular formula is C29H54NO7P. The number of ether oxygens (including phenoxy) is 2. The summed E-state index contributed by atoms with van der Waals surface area (Å²) >= 11 is 0. The summed E-state index contributed by atoms with van der Waals surface area (Å²) in [5.74, 6) is -0.431. The van der Waals surface area contributed by atoms with Crippen LogP contribution in [0.15, 0.2) is 36.5 Å². The quantitative estimate of drug-likeness (QED) is 0.0437. The lowest BCUT2D eigenvalue weighted by Crippen LogP contribution is -2.37. The minimum Gasteiger partial charge on any atom is -0.756 e. The van der Waals surface area contributed by atoms with Gasteiger partial charge in [-0.2, -0.15) is 0 Å². The Balaban J connectivity index is 3.94. The van der Waals surface area contributed by atoms with E-state index in [0.717, 1.165) is 44.9 Å². The summed E-state index contributed by atoms with van der Waals surface area (Å²) in [4.78, 5) is 23.7. The lowest BCUT2D eigenvalue weighted by Gasteiger charge is -2.28. The summed E-state index contributed by atoms with van der Waals surface area (Å²) in [5, 5.41) is 0. The number of carbonyl (C=O) groups excluding carboxylic acids is 1. The van der Waals surface area contributed by atoms with Gasteiger partial charge in [-0.25, -0.2) is 0 Å². The molecule has 222 valence electrons. The third-order valence-electron chi connectivity index (χ3n) is 5.51. The Labute approximate surface area is 232 Å². The first-order valence-corrected chi connectivity index (χ1v) is 15.7. The number of quaternary nitrogens is 1. The van der Waals surface area contributed by atoms with E-state index in [9.17, 15) is 14.3 Å². The van der Waals surface area contributed by atoms with Crippen LogP contribution in [0.4, 0.5) is 0 Å². The second-order valence-corrected chi connectivity index (χ2v) is 11.7. The van der Waals surface area contributed by atoms with Crippen LogP contribution in [0.2, 0.25) is 0 Å². The number of likely N-dealkylation sites (N-methyl/N-ethyl adjacent to an activating group) is 1. The van der Waals surface area contributed by atoms with Crippen molar-refractivity contribution in [1.29, 1.82) is 0 Å². The normalized spacial score (nSPS) is 15.0. The molecule has 0 aliphatic carbocycles. The highest BCUT2D eigenvalue weighted by Crippen LogP contribution is 2.38. The molecule has 2 atom stereocenters. The summed E-state index contributed by atoms with van der Waals surface area (Å²) in [6.07, 6.45) is 23.7. The zero-order valence-corrected chi connectivity index (χ0v) is 25.5. The molecule has 0 aliphatic rings. The van der Waals surface area contributed by atoms with Crippen molar-refractivity contribution in [2.45, 2.75) is 90.6 Å². The SMILES string of the molecule is CC/C=C\C/C=C\C/C=C\CCCCCCCCOCC(COP(=O)([O-])OCC[N+](C)(C)C)OC(=O)CC. The number of phosphoric ester groups is 1. The van der Waals surface area contributed by atoms with Crippen LogP contribution >= 0.6 is 7.82 Å². The molecule has 0 aromatic carbocycles. The number of carbonyl (C=O) groups is 1. The molecule has 0 saturated carbocycles. The Morgan fingerprint density at radius 1 is 0.816 bits per heavy atom. The molecule has 0 rings (SSSR count). The van der Waals surface area contributed by atoms with E-state index in [1.54, 1.807) is 6.92 Å². The Morgan fingerprint density at radius 2 is 1.42 bits per heavy atom. The summed E-state index contributed by atoms with van der Waals surface area (Å²) in [5.41, 5.74) is 0. The van der Waals surface area contributed by atoms with E-state index >= 15 is 0 Å². The van der Waals surface area contributed by atoms with Crippen molar-refractivity contribution in [3.8, 4) is 0 Å². The fourth-order valence-electron chi connectivity index (χ4n) is 3.24. The highest BCUT2D eigenvalue weighted by molar-refractivity contribution is 7.45. The number of esters is 1. The topological polar surface area (TPSA) is 94.1 Å². The van der Waals surface area contributed by atoms with Crippen molar-refractivity contribution in [3.63, 3.8) is 0 Å². The maximum atomic E-state index is 12.0. The minimum absolute atomic E-state index is 0.0198. The average Bonchev–Trinajstić information content (AvgIpc) is 2.85. The fraction of sp³-hybridized carbons (Fsp3) is 0.759. The molecule has 0 amide bonds. The first-order chi connectivity index (χ1) is 18.1. The summed E-state index contributed by atoms with van der Waals surface area (Å²) < 4.78 is 33.3. The van der Waals surface area contributed by atoms with E-state index in [1.807, 2.05) is 21.1 Å². The van der Waals surface area contributed by atoms with Crippen LogP contribution in [0.1, 0.15) is 84.5 Å². The van der Waals surface area contributed by atoms with E-state index in [-0.39, 0.29) is 26.2 Å². The number of allylic oxidation sites excluding steroid dienone is 6. The molecule has 0 saturated heterocycles.